The topological polar surface area (TPSA) is 23.6 Å². The zero-order valence-electron chi connectivity index (χ0n) is 12.0. The first-order valence-corrected chi connectivity index (χ1v) is 7.41. The van der Waals surface area contributed by atoms with E-state index in [2.05, 4.69) is 41.8 Å². The molecule has 0 radical (unpaired) electrons. The lowest BCUT2D eigenvalue weighted by molar-refractivity contribution is 0.0781. The van der Waals surface area contributed by atoms with Gasteiger partial charge in [-0.2, -0.15) is 0 Å². The number of carbonyl (C=O) groups is 1. The summed E-state index contributed by atoms with van der Waals surface area (Å²) < 4.78 is 1.05. The van der Waals surface area contributed by atoms with Gasteiger partial charge in [0.15, 0.2) is 0 Å². The third-order valence-corrected chi connectivity index (χ3v) is 4.82. The molecule has 1 aromatic rings. The molecule has 104 valence electrons. The van der Waals surface area contributed by atoms with Gasteiger partial charge in [-0.3, -0.25) is 4.79 Å². The highest BCUT2D eigenvalue weighted by Crippen LogP contribution is 2.23. The number of rotatable bonds is 2. The van der Waals surface area contributed by atoms with Crippen LogP contribution in [0, 0.1) is 12.8 Å². The van der Waals surface area contributed by atoms with Gasteiger partial charge in [0.1, 0.15) is 0 Å². The van der Waals surface area contributed by atoms with Gasteiger partial charge < -0.3 is 9.80 Å². The maximum Gasteiger partial charge on any atom is 0.253 e. The van der Waals surface area contributed by atoms with E-state index in [1.165, 1.54) is 0 Å². The predicted octanol–water partition coefficient (Wildman–Crippen LogP) is 2.78. The summed E-state index contributed by atoms with van der Waals surface area (Å²) in [6.45, 7) is 5.89. The van der Waals surface area contributed by atoms with Crippen molar-refractivity contribution in [3.63, 3.8) is 0 Å². The molecule has 1 aliphatic heterocycles. The highest BCUT2D eigenvalue weighted by Gasteiger charge is 2.33. The lowest BCUT2D eigenvalue weighted by Crippen LogP contribution is -2.35. The molecular formula is C15H21BrN2O. The van der Waals surface area contributed by atoms with Crippen LogP contribution >= 0.6 is 15.9 Å². The van der Waals surface area contributed by atoms with Crippen LogP contribution < -0.4 is 0 Å². The first kappa shape index (κ1) is 14.5. The van der Waals surface area contributed by atoms with Gasteiger partial charge >= 0.3 is 0 Å². The van der Waals surface area contributed by atoms with Crippen molar-refractivity contribution in [1.82, 2.24) is 9.80 Å². The van der Waals surface area contributed by atoms with Crippen molar-refractivity contribution < 1.29 is 4.79 Å². The average Bonchev–Trinajstić information content (AvgIpc) is 2.74. The van der Waals surface area contributed by atoms with E-state index in [1.54, 1.807) is 0 Å². The Morgan fingerprint density at radius 1 is 1.37 bits per heavy atom. The van der Waals surface area contributed by atoms with Gasteiger partial charge in [0.25, 0.3) is 5.91 Å². The summed E-state index contributed by atoms with van der Waals surface area (Å²) in [5.74, 6) is 0.669. The predicted molar refractivity (Wildman–Crippen MR) is 81.4 cm³/mol. The molecule has 0 aliphatic carbocycles. The van der Waals surface area contributed by atoms with Gasteiger partial charge in [-0.15, -0.1) is 0 Å². The van der Waals surface area contributed by atoms with Crippen LogP contribution in [0.4, 0.5) is 0 Å². The molecule has 19 heavy (non-hydrogen) atoms. The Labute approximate surface area is 123 Å². The lowest BCUT2D eigenvalue weighted by atomic mass is 10.1. The van der Waals surface area contributed by atoms with E-state index < -0.39 is 0 Å². The standard InChI is InChI=1S/C15H21BrN2O/c1-10-7-12(5-6-13(10)16)15(19)18-8-11(2)14(9-18)17(3)4/h5-7,11,14H,8-9H2,1-4H3. The SMILES string of the molecule is Cc1cc(C(=O)N2CC(C)C(N(C)C)C2)ccc1Br. The molecule has 2 atom stereocenters. The second-order valence-electron chi connectivity index (χ2n) is 5.68. The summed E-state index contributed by atoms with van der Waals surface area (Å²) in [5.41, 5.74) is 1.88. The van der Waals surface area contributed by atoms with E-state index in [9.17, 15) is 4.79 Å². The summed E-state index contributed by atoms with van der Waals surface area (Å²) in [7, 11) is 4.16. The molecule has 0 saturated carbocycles. The molecule has 0 N–H and O–H groups in total. The van der Waals surface area contributed by atoms with Crippen LogP contribution in [0.3, 0.4) is 0 Å². The Bertz CT molecular complexity index is 487. The van der Waals surface area contributed by atoms with Crippen LogP contribution in [0.1, 0.15) is 22.8 Å². The third kappa shape index (κ3) is 3.00. The van der Waals surface area contributed by atoms with E-state index in [4.69, 9.17) is 0 Å². The second-order valence-corrected chi connectivity index (χ2v) is 6.54. The molecule has 1 heterocycles. The molecule has 1 amide bonds. The number of hydrogen-bond acceptors (Lipinski definition) is 2. The second kappa shape index (κ2) is 5.63. The lowest BCUT2D eigenvalue weighted by Gasteiger charge is -2.22. The van der Waals surface area contributed by atoms with Gasteiger partial charge in [0.2, 0.25) is 0 Å². The minimum Gasteiger partial charge on any atom is -0.337 e. The van der Waals surface area contributed by atoms with Crippen LogP contribution in [0.5, 0.6) is 0 Å². The van der Waals surface area contributed by atoms with E-state index in [0.29, 0.717) is 12.0 Å². The van der Waals surface area contributed by atoms with Crippen LogP contribution in [-0.4, -0.2) is 48.9 Å². The first-order valence-electron chi connectivity index (χ1n) is 6.62. The zero-order valence-corrected chi connectivity index (χ0v) is 13.6. The van der Waals surface area contributed by atoms with Crippen molar-refractivity contribution >= 4 is 21.8 Å². The Morgan fingerprint density at radius 2 is 2.05 bits per heavy atom. The number of likely N-dealkylation sites (N-methyl/N-ethyl adjacent to an activating group) is 1. The number of halogens is 1. The molecule has 0 bridgehead atoms. The van der Waals surface area contributed by atoms with Crippen molar-refractivity contribution in [3.8, 4) is 0 Å². The van der Waals surface area contributed by atoms with Gasteiger partial charge in [-0.1, -0.05) is 22.9 Å². The molecule has 1 aliphatic rings. The molecule has 3 nitrogen and oxygen atoms in total. The number of likely N-dealkylation sites (tertiary alicyclic amines) is 1. The number of nitrogens with zero attached hydrogens (tertiary/aromatic N) is 2. The number of carbonyl (C=O) groups excluding carboxylic acids is 1. The largest absolute Gasteiger partial charge is 0.337 e. The molecule has 1 saturated heterocycles. The van der Waals surface area contributed by atoms with E-state index >= 15 is 0 Å². The van der Waals surface area contributed by atoms with Crippen LogP contribution in [0.2, 0.25) is 0 Å². The minimum absolute atomic E-state index is 0.145. The Balaban J connectivity index is 2.15. The molecule has 2 unspecified atom stereocenters. The average molecular weight is 325 g/mol. The normalized spacial score (nSPS) is 23.2. The summed E-state index contributed by atoms with van der Waals surface area (Å²) in [5, 5.41) is 0. The molecule has 2 rings (SSSR count). The van der Waals surface area contributed by atoms with Crippen molar-refractivity contribution in [3.05, 3.63) is 33.8 Å². The fourth-order valence-corrected chi connectivity index (χ4v) is 2.99. The van der Waals surface area contributed by atoms with Crippen LogP contribution in [0.25, 0.3) is 0 Å². The number of amides is 1. The maximum absolute atomic E-state index is 12.5. The molecular weight excluding hydrogens is 304 g/mol. The van der Waals surface area contributed by atoms with Crippen molar-refractivity contribution in [2.45, 2.75) is 19.9 Å². The van der Waals surface area contributed by atoms with Gasteiger partial charge in [0.05, 0.1) is 0 Å². The fourth-order valence-electron chi connectivity index (χ4n) is 2.75. The monoisotopic (exact) mass is 324 g/mol. The molecule has 1 aromatic carbocycles. The number of benzene rings is 1. The summed E-state index contributed by atoms with van der Waals surface area (Å²) in [4.78, 5) is 16.7. The van der Waals surface area contributed by atoms with Gasteiger partial charge in [-0.05, 0) is 50.7 Å². The molecule has 0 spiro atoms. The highest BCUT2D eigenvalue weighted by atomic mass is 79.9. The first-order chi connectivity index (χ1) is 8.90. The smallest absolute Gasteiger partial charge is 0.253 e. The summed E-state index contributed by atoms with van der Waals surface area (Å²) in [6, 6.07) is 6.26. The molecule has 4 heteroatoms. The van der Waals surface area contributed by atoms with Crippen molar-refractivity contribution in [2.75, 3.05) is 27.2 Å². The van der Waals surface area contributed by atoms with Crippen molar-refractivity contribution in [2.24, 2.45) is 5.92 Å². The van der Waals surface area contributed by atoms with Crippen molar-refractivity contribution in [1.29, 1.82) is 0 Å². The molecule has 1 fully saturated rings. The zero-order chi connectivity index (χ0) is 14.2. The van der Waals surface area contributed by atoms with E-state index in [1.807, 2.05) is 30.0 Å². The quantitative estimate of drug-likeness (QED) is 0.835. The Morgan fingerprint density at radius 3 is 2.58 bits per heavy atom. The highest BCUT2D eigenvalue weighted by molar-refractivity contribution is 9.10. The number of hydrogen-bond donors (Lipinski definition) is 0. The minimum atomic E-state index is 0.145. The third-order valence-electron chi connectivity index (χ3n) is 3.93. The summed E-state index contributed by atoms with van der Waals surface area (Å²) in [6.07, 6.45) is 0. The fraction of sp³-hybridized carbons (Fsp3) is 0.533. The Hall–Kier alpha value is -0.870. The number of aryl methyl sites for hydroxylation is 1. The summed E-state index contributed by atoms with van der Waals surface area (Å²) >= 11 is 3.47. The van der Waals surface area contributed by atoms with Crippen LogP contribution in [-0.2, 0) is 0 Å². The Kier molecular flexibility index (Phi) is 4.31. The van der Waals surface area contributed by atoms with E-state index in [0.717, 1.165) is 28.7 Å². The van der Waals surface area contributed by atoms with Gasteiger partial charge in [0, 0.05) is 29.2 Å². The van der Waals surface area contributed by atoms with E-state index in [-0.39, 0.29) is 5.91 Å². The van der Waals surface area contributed by atoms with Crippen LogP contribution in [0.15, 0.2) is 22.7 Å². The molecule has 0 aromatic heterocycles. The van der Waals surface area contributed by atoms with Gasteiger partial charge in [-0.25, -0.2) is 0 Å². The maximum atomic E-state index is 12.5.